The topological polar surface area (TPSA) is 152 Å². The summed E-state index contributed by atoms with van der Waals surface area (Å²) in [4.78, 5) is 28.8. The minimum Gasteiger partial charge on any atom is -0.504 e. The highest BCUT2D eigenvalue weighted by Gasteiger charge is 2.35. The van der Waals surface area contributed by atoms with Crippen LogP contribution in [0.15, 0.2) is 59.9 Å². The highest BCUT2D eigenvalue weighted by atomic mass is 16.5. The number of ether oxygens (including phenoxy) is 1. The lowest BCUT2D eigenvalue weighted by molar-refractivity contribution is 0.134. The first-order chi connectivity index (χ1) is 19.2. The number of aromatic nitrogens is 8. The molecule has 12 heteroatoms. The van der Waals surface area contributed by atoms with E-state index in [1.807, 2.05) is 39.0 Å². The Hall–Kier alpha value is -5.26. The third-order valence-corrected chi connectivity index (χ3v) is 7.17. The van der Waals surface area contributed by atoms with Crippen molar-refractivity contribution in [1.29, 1.82) is 0 Å². The summed E-state index contributed by atoms with van der Waals surface area (Å²) in [7, 11) is 0. The van der Waals surface area contributed by atoms with E-state index in [2.05, 4.69) is 15.1 Å². The summed E-state index contributed by atoms with van der Waals surface area (Å²) in [5.41, 5.74) is 9.65. The van der Waals surface area contributed by atoms with Crippen LogP contribution in [-0.4, -0.2) is 50.0 Å². The minimum atomic E-state index is -0.497. The zero-order chi connectivity index (χ0) is 27.8. The Morgan fingerprint density at radius 2 is 1.98 bits per heavy atom. The zero-order valence-electron chi connectivity index (χ0n) is 22.0. The molecule has 5 heterocycles. The molecule has 0 atom stereocenters. The van der Waals surface area contributed by atoms with Gasteiger partial charge in [-0.15, -0.1) is 0 Å². The maximum atomic E-state index is 13.8. The van der Waals surface area contributed by atoms with Gasteiger partial charge in [-0.25, -0.2) is 19.6 Å². The Balaban J connectivity index is 1.46. The number of nitrogen functional groups attached to an aromatic ring is 1. The minimum absolute atomic E-state index is 0.0659. The van der Waals surface area contributed by atoms with E-state index in [9.17, 15) is 9.90 Å². The fraction of sp³-hybridized carbons (Fsp3) is 0.214. The van der Waals surface area contributed by atoms with Crippen molar-refractivity contribution < 1.29 is 9.84 Å². The molecule has 200 valence electrons. The van der Waals surface area contributed by atoms with Crippen molar-refractivity contribution in [2.75, 3.05) is 5.73 Å². The van der Waals surface area contributed by atoms with E-state index in [0.29, 0.717) is 45.6 Å². The van der Waals surface area contributed by atoms with Crippen LogP contribution in [0.5, 0.6) is 11.5 Å². The van der Waals surface area contributed by atoms with Crippen LogP contribution in [-0.2, 0) is 13.0 Å². The molecular weight excluding hydrogens is 510 g/mol. The third kappa shape index (κ3) is 3.52. The van der Waals surface area contributed by atoms with Crippen LogP contribution in [0, 0.1) is 6.92 Å². The Morgan fingerprint density at radius 1 is 1.12 bits per heavy atom. The van der Waals surface area contributed by atoms with Gasteiger partial charge in [0, 0.05) is 23.7 Å². The number of aryl methyl sites for hydroxylation is 1. The van der Waals surface area contributed by atoms with Crippen molar-refractivity contribution >= 4 is 27.8 Å². The predicted molar refractivity (Wildman–Crippen MR) is 148 cm³/mol. The quantitative estimate of drug-likeness (QED) is 0.347. The van der Waals surface area contributed by atoms with Gasteiger partial charge in [-0.2, -0.15) is 19.7 Å². The maximum absolute atomic E-state index is 13.8. The number of phenols is 1. The molecule has 0 spiro atoms. The number of nitrogens with two attached hydrogens (primary N) is 1. The van der Waals surface area contributed by atoms with Gasteiger partial charge in [-0.3, -0.25) is 4.79 Å². The van der Waals surface area contributed by atoms with E-state index in [1.54, 1.807) is 35.3 Å². The summed E-state index contributed by atoms with van der Waals surface area (Å²) in [6, 6.07) is 10.7. The second-order valence-corrected chi connectivity index (χ2v) is 10.5. The summed E-state index contributed by atoms with van der Waals surface area (Å²) < 4.78 is 9.14. The van der Waals surface area contributed by atoms with E-state index in [0.717, 1.165) is 16.7 Å². The Kier molecular flexibility index (Phi) is 4.98. The van der Waals surface area contributed by atoms with Crippen molar-refractivity contribution in [3.8, 4) is 22.8 Å². The molecule has 0 unspecified atom stereocenters. The van der Waals surface area contributed by atoms with E-state index < -0.39 is 5.60 Å². The molecule has 3 N–H and O–H groups in total. The third-order valence-electron chi connectivity index (χ3n) is 7.17. The molecule has 2 aromatic carbocycles. The molecule has 7 rings (SSSR count). The van der Waals surface area contributed by atoms with Gasteiger partial charge in [0.15, 0.2) is 23.0 Å². The molecule has 6 aromatic rings. The summed E-state index contributed by atoms with van der Waals surface area (Å²) >= 11 is 0. The average molecular weight is 536 g/mol. The van der Waals surface area contributed by atoms with E-state index in [-0.39, 0.29) is 23.7 Å². The van der Waals surface area contributed by atoms with Gasteiger partial charge in [0.2, 0.25) is 0 Å². The average Bonchev–Trinajstić information content (AvgIpc) is 3.63. The van der Waals surface area contributed by atoms with Crippen LogP contribution in [0.1, 0.15) is 30.8 Å². The first kappa shape index (κ1) is 23.8. The summed E-state index contributed by atoms with van der Waals surface area (Å²) in [6.45, 7) is 5.90. The molecule has 0 aliphatic carbocycles. The number of hydrogen-bond acceptors (Lipinski definition) is 9. The summed E-state index contributed by atoms with van der Waals surface area (Å²) in [6.07, 6.45) is 5.23. The van der Waals surface area contributed by atoms with Crippen LogP contribution in [0.3, 0.4) is 0 Å². The lowest BCUT2D eigenvalue weighted by Gasteiger charge is -2.16. The van der Waals surface area contributed by atoms with Gasteiger partial charge in [0.1, 0.15) is 30.0 Å². The Labute approximate surface area is 227 Å². The van der Waals surface area contributed by atoms with Crippen LogP contribution >= 0.6 is 0 Å². The first-order valence-corrected chi connectivity index (χ1v) is 12.7. The molecule has 12 nitrogen and oxygen atoms in total. The number of fused-ring (bicyclic) bond motifs is 3. The van der Waals surface area contributed by atoms with E-state index in [4.69, 9.17) is 20.6 Å². The number of phenolic OH excluding ortho intramolecular Hbond substituents is 1. The molecule has 1 aliphatic heterocycles. The highest BCUT2D eigenvalue weighted by Crippen LogP contribution is 2.47. The molecule has 0 radical (unpaired) electrons. The van der Waals surface area contributed by atoms with Crippen molar-refractivity contribution in [1.82, 2.24) is 39.3 Å². The number of aromatic hydroxyl groups is 1. The summed E-state index contributed by atoms with van der Waals surface area (Å²) in [5, 5.41) is 20.8. The molecule has 40 heavy (non-hydrogen) atoms. The molecule has 1 aliphatic rings. The van der Waals surface area contributed by atoms with Gasteiger partial charge in [0.05, 0.1) is 22.5 Å². The Morgan fingerprint density at radius 3 is 2.77 bits per heavy atom. The van der Waals surface area contributed by atoms with Gasteiger partial charge < -0.3 is 15.6 Å². The number of benzene rings is 2. The monoisotopic (exact) mass is 535 g/mol. The molecule has 0 fully saturated rings. The lowest BCUT2D eigenvalue weighted by atomic mass is 9.95. The largest absolute Gasteiger partial charge is 0.504 e. The van der Waals surface area contributed by atoms with Crippen LogP contribution in [0.4, 0.5) is 5.82 Å². The fourth-order valence-corrected chi connectivity index (χ4v) is 5.45. The molecular formula is C28H25N9O3. The lowest BCUT2D eigenvalue weighted by Crippen LogP contribution is -2.32. The number of rotatable bonds is 4. The molecule has 0 saturated carbocycles. The van der Waals surface area contributed by atoms with Gasteiger partial charge >= 0.3 is 0 Å². The molecule has 0 saturated heterocycles. The second kappa shape index (κ2) is 8.37. The van der Waals surface area contributed by atoms with Crippen molar-refractivity contribution in [2.45, 2.75) is 39.3 Å². The molecule has 0 amide bonds. The van der Waals surface area contributed by atoms with Crippen LogP contribution < -0.4 is 16.0 Å². The number of hydrogen-bond donors (Lipinski definition) is 2. The smallest absolute Gasteiger partial charge is 0.282 e. The van der Waals surface area contributed by atoms with Crippen molar-refractivity contribution in [3.05, 3.63) is 82.4 Å². The summed E-state index contributed by atoms with van der Waals surface area (Å²) in [5.74, 6) is 1.16. The molecule has 4 aromatic heterocycles. The van der Waals surface area contributed by atoms with E-state index in [1.165, 1.54) is 15.8 Å². The first-order valence-electron chi connectivity index (χ1n) is 12.7. The van der Waals surface area contributed by atoms with E-state index >= 15 is 0 Å². The van der Waals surface area contributed by atoms with Gasteiger partial charge in [-0.05, 0) is 50.6 Å². The normalized spacial score (nSPS) is 14.1. The second-order valence-electron chi connectivity index (χ2n) is 10.5. The van der Waals surface area contributed by atoms with Gasteiger partial charge in [-0.1, -0.05) is 12.1 Å². The highest BCUT2D eigenvalue weighted by molar-refractivity contribution is 5.99. The predicted octanol–water partition coefficient (Wildman–Crippen LogP) is 3.07. The van der Waals surface area contributed by atoms with Crippen molar-refractivity contribution in [2.24, 2.45) is 0 Å². The SMILES string of the molecule is Cc1cccc2nc(Cn3nc(-c4ccc(O)c5c4CC(C)(C)O5)c4c(N)ncnc43)n(-n3cccn3)c(=O)c12. The number of nitrogens with zero attached hydrogens (tertiary/aromatic N) is 8. The van der Waals surface area contributed by atoms with Gasteiger partial charge in [0.25, 0.3) is 5.56 Å². The molecule has 0 bridgehead atoms. The number of anilines is 1. The fourth-order valence-electron chi connectivity index (χ4n) is 5.45. The van der Waals surface area contributed by atoms with Crippen LogP contribution in [0.2, 0.25) is 0 Å². The van der Waals surface area contributed by atoms with Crippen molar-refractivity contribution in [3.63, 3.8) is 0 Å². The standard InChI is InChI=1S/C28H25N9O3/c1-15-6-4-7-18-21(15)27(39)37(36-11-5-10-32-36)20(33-18)13-35-26-22(25(29)30-14-31-26)23(34-35)16-8-9-19(38)24-17(16)12-28(2,3)40-24/h4-11,14,38H,12-13H2,1-3H3,(H2,29,30,31). The van der Waals surface area contributed by atoms with Crippen LogP contribution in [0.25, 0.3) is 33.2 Å². The maximum Gasteiger partial charge on any atom is 0.282 e. The Bertz CT molecular complexity index is 2020. The zero-order valence-corrected chi connectivity index (χ0v) is 22.0.